The first kappa shape index (κ1) is 14.9. The molecule has 2 aromatic carbocycles. The molecule has 0 aliphatic carbocycles. The molecule has 0 atom stereocenters. The Morgan fingerprint density at radius 1 is 0.913 bits per heavy atom. The molecule has 0 saturated heterocycles. The highest BCUT2D eigenvalue weighted by atomic mass is 15.3. The molecule has 0 aliphatic heterocycles. The van der Waals surface area contributed by atoms with Crippen molar-refractivity contribution in [3.63, 3.8) is 0 Å². The third-order valence-corrected chi connectivity index (χ3v) is 3.44. The van der Waals surface area contributed by atoms with Gasteiger partial charge in [-0.1, -0.05) is 60.7 Å². The zero-order valence-electron chi connectivity index (χ0n) is 13.2. The quantitative estimate of drug-likeness (QED) is 0.578. The fraction of sp³-hybridized carbons (Fsp3) is 0.105. The first-order valence-electron chi connectivity index (χ1n) is 7.49. The lowest BCUT2D eigenvalue weighted by Gasteiger charge is -2.07. The number of aromatic nitrogens is 2. The molecule has 0 bridgehead atoms. The Bertz CT molecular complexity index is 811. The van der Waals surface area contributed by atoms with Gasteiger partial charge in [-0.3, -0.25) is 5.43 Å². The Kier molecular flexibility index (Phi) is 4.43. The standard InChI is InChI=1S/C19H18N4/c1-14(16-9-5-3-6-10-16)22-23-19-13-18(20-15(2)21-19)17-11-7-4-8-12-17/h3-13H,1-2H3,(H,20,21,23)/b22-14+. The molecule has 3 aromatic rings. The van der Waals surface area contributed by atoms with Crippen LogP contribution in [0.5, 0.6) is 0 Å². The van der Waals surface area contributed by atoms with Crippen LogP contribution >= 0.6 is 0 Å². The molecule has 114 valence electrons. The van der Waals surface area contributed by atoms with Crippen molar-refractivity contribution in [2.24, 2.45) is 5.10 Å². The van der Waals surface area contributed by atoms with E-state index in [4.69, 9.17) is 0 Å². The molecule has 0 fully saturated rings. The van der Waals surface area contributed by atoms with Gasteiger partial charge in [-0.25, -0.2) is 9.97 Å². The zero-order valence-corrected chi connectivity index (χ0v) is 13.2. The van der Waals surface area contributed by atoms with Gasteiger partial charge in [0.2, 0.25) is 0 Å². The van der Waals surface area contributed by atoms with Gasteiger partial charge in [-0.2, -0.15) is 5.10 Å². The molecule has 0 amide bonds. The minimum absolute atomic E-state index is 0.687. The Labute approximate surface area is 135 Å². The lowest BCUT2D eigenvalue weighted by atomic mass is 10.1. The average Bonchev–Trinajstić information content (AvgIpc) is 2.61. The van der Waals surface area contributed by atoms with Crippen molar-refractivity contribution in [2.75, 3.05) is 5.43 Å². The number of benzene rings is 2. The van der Waals surface area contributed by atoms with Crippen LogP contribution < -0.4 is 5.43 Å². The first-order valence-corrected chi connectivity index (χ1v) is 7.49. The van der Waals surface area contributed by atoms with Gasteiger partial charge in [0.1, 0.15) is 11.6 Å². The maximum atomic E-state index is 4.49. The van der Waals surface area contributed by atoms with Crippen LogP contribution in [0.1, 0.15) is 18.3 Å². The molecule has 23 heavy (non-hydrogen) atoms. The van der Waals surface area contributed by atoms with Crippen molar-refractivity contribution in [3.8, 4) is 11.3 Å². The zero-order chi connectivity index (χ0) is 16.1. The summed E-state index contributed by atoms with van der Waals surface area (Å²) in [5, 5.41) is 4.42. The molecule has 1 N–H and O–H groups in total. The summed E-state index contributed by atoms with van der Waals surface area (Å²) in [6, 6.07) is 22.0. The predicted molar refractivity (Wildman–Crippen MR) is 94.5 cm³/mol. The highest BCUT2D eigenvalue weighted by Crippen LogP contribution is 2.19. The van der Waals surface area contributed by atoms with Crippen LogP contribution in [0.15, 0.2) is 71.8 Å². The molecule has 0 saturated carbocycles. The third kappa shape index (κ3) is 3.80. The summed E-state index contributed by atoms with van der Waals surface area (Å²) in [4.78, 5) is 8.89. The van der Waals surface area contributed by atoms with Crippen LogP contribution in [0, 0.1) is 6.92 Å². The molecule has 4 heteroatoms. The number of aryl methyl sites for hydroxylation is 1. The lowest BCUT2D eigenvalue weighted by Crippen LogP contribution is -2.02. The Balaban J connectivity index is 1.85. The number of hydrogen-bond donors (Lipinski definition) is 1. The summed E-state index contributed by atoms with van der Waals surface area (Å²) in [5.41, 5.74) is 6.96. The van der Waals surface area contributed by atoms with Crippen molar-refractivity contribution in [1.29, 1.82) is 0 Å². The number of hydrogen-bond acceptors (Lipinski definition) is 4. The fourth-order valence-corrected chi connectivity index (χ4v) is 2.27. The monoisotopic (exact) mass is 302 g/mol. The molecule has 4 nitrogen and oxygen atoms in total. The van der Waals surface area contributed by atoms with E-state index in [0.29, 0.717) is 11.6 Å². The second kappa shape index (κ2) is 6.83. The molecular formula is C19H18N4. The van der Waals surface area contributed by atoms with Crippen LogP contribution in [0.2, 0.25) is 0 Å². The summed E-state index contributed by atoms with van der Waals surface area (Å²) >= 11 is 0. The number of rotatable bonds is 4. The van der Waals surface area contributed by atoms with Gasteiger partial charge < -0.3 is 0 Å². The van der Waals surface area contributed by atoms with Crippen LogP contribution in [0.25, 0.3) is 11.3 Å². The Morgan fingerprint density at radius 2 is 1.57 bits per heavy atom. The Morgan fingerprint density at radius 3 is 2.26 bits per heavy atom. The minimum atomic E-state index is 0.687. The molecule has 1 heterocycles. The van der Waals surface area contributed by atoms with Gasteiger partial charge in [-0.15, -0.1) is 0 Å². The van der Waals surface area contributed by atoms with E-state index in [1.54, 1.807) is 0 Å². The van der Waals surface area contributed by atoms with E-state index in [-0.39, 0.29) is 0 Å². The summed E-state index contributed by atoms with van der Waals surface area (Å²) in [6.07, 6.45) is 0. The summed E-state index contributed by atoms with van der Waals surface area (Å²) in [6.45, 7) is 3.85. The number of nitrogens with one attached hydrogen (secondary N) is 1. The molecule has 0 unspecified atom stereocenters. The van der Waals surface area contributed by atoms with Crippen LogP contribution in [-0.4, -0.2) is 15.7 Å². The van der Waals surface area contributed by atoms with E-state index in [2.05, 4.69) is 20.5 Å². The van der Waals surface area contributed by atoms with E-state index < -0.39 is 0 Å². The van der Waals surface area contributed by atoms with Crippen LogP contribution in [0.3, 0.4) is 0 Å². The van der Waals surface area contributed by atoms with Gasteiger partial charge in [0.25, 0.3) is 0 Å². The van der Waals surface area contributed by atoms with Crippen molar-refractivity contribution in [1.82, 2.24) is 9.97 Å². The van der Waals surface area contributed by atoms with Crippen molar-refractivity contribution >= 4 is 11.5 Å². The van der Waals surface area contributed by atoms with Gasteiger partial charge in [0.15, 0.2) is 0 Å². The van der Waals surface area contributed by atoms with E-state index in [1.165, 1.54) is 0 Å². The molecule has 0 aliphatic rings. The van der Waals surface area contributed by atoms with E-state index >= 15 is 0 Å². The van der Waals surface area contributed by atoms with E-state index in [0.717, 1.165) is 22.5 Å². The van der Waals surface area contributed by atoms with Crippen molar-refractivity contribution in [3.05, 3.63) is 78.1 Å². The average molecular weight is 302 g/mol. The smallest absolute Gasteiger partial charge is 0.150 e. The topological polar surface area (TPSA) is 50.2 Å². The second-order valence-corrected chi connectivity index (χ2v) is 5.23. The SMILES string of the molecule is C/C(=N\Nc1cc(-c2ccccc2)nc(C)n1)c1ccccc1. The van der Waals surface area contributed by atoms with Crippen molar-refractivity contribution in [2.45, 2.75) is 13.8 Å². The van der Waals surface area contributed by atoms with E-state index in [9.17, 15) is 0 Å². The van der Waals surface area contributed by atoms with Crippen LogP contribution in [0.4, 0.5) is 5.82 Å². The van der Waals surface area contributed by atoms with Gasteiger partial charge in [0, 0.05) is 11.6 Å². The summed E-state index contributed by atoms with van der Waals surface area (Å²) in [7, 11) is 0. The van der Waals surface area contributed by atoms with Gasteiger partial charge in [0.05, 0.1) is 11.4 Å². The molecular weight excluding hydrogens is 284 g/mol. The van der Waals surface area contributed by atoms with E-state index in [1.807, 2.05) is 80.6 Å². The predicted octanol–water partition coefficient (Wildman–Crippen LogP) is 4.29. The van der Waals surface area contributed by atoms with Gasteiger partial charge in [-0.05, 0) is 19.4 Å². The maximum Gasteiger partial charge on any atom is 0.150 e. The number of hydrazone groups is 1. The number of nitrogens with zero attached hydrogens (tertiary/aromatic N) is 3. The van der Waals surface area contributed by atoms with Crippen molar-refractivity contribution < 1.29 is 0 Å². The normalized spacial score (nSPS) is 11.3. The highest BCUT2D eigenvalue weighted by Gasteiger charge is 2.04. The lowest BCUT2D eigenvalue weighted by molar-refractivity contribution is 1.05. The maximum absolute atomic E-state index is 4.49. The first-order chi connectivity index (χ1) is 11.2. The molecule has 1 aromatic heterocycles. The van der Waals surface area contributed by atoms with Crippen LogP contribution in [-0.2, 0) is 0 Å². The molecule has 0 radical (unpaired) electrons. The largest absolute Gasteiger partial charge is 0.261 e. The number of anilines is 1. The Hall–Kier alpha value is -3.01. The fourth-order valence-electron chi connectivity index (χ4n) is 2.27. The highest BCUT2D eigenvalue weighted by molar-refractivity contribution is 5.98. The van der Waals surface area contributed by atoms with Gasteiger partial charge >= 0.3 is 0 Å². The molecule has 0 spiro atoms. The third-order valence-electron chi connectivity index (χ3n) is 3.44. The minimum Gasteiger partial charge on any atom is -0.261 e. The summed E-state index contributed by atoms with van der Waals surface area (Å²) in [5.74, 6) is 1.40. The second-order valence-electron chi connectivity index (χ2n) is 5.23. The molecule has 3 rings (SSSR count). The summed E-state index contributed by atoms with van der Waals surface area (Å²) < 4.78 is 0.